The Labute approximate surface area is 113 Å². The van der Waals surface area contributed by atoms with Crippen LogP contribution in [0.3, 0.4) is 0 Å². The number of carbonyl (C=O) groups excluding carboxylic acids is 1. The third-order valence-corrected chi connectivity index (χ3v) is 2.95. The summed E-state index contributed by atoms with van der Waals surface area (Å²) in [6, 6.07) is -0.202. The van der Waals surface area contributed by atoms with Gasteiger partial charge in [0.25, 0.3) is 0 Å². The van der Waals surface area contributed by atoms with Crippen LogP contribution in [-0.4, -0.2) is 39.3 Å². The average Bonchev–Trinajstić information content (AvgIpc) is 2.86. The molecule has 0 aliphatic carbocycles. The maximum atomic E-state index is 12.1. The van der Waals surface area contributed by atoms with Gasteiger partial charge in [0.05, 0.1) is 6.54 Å². The summed E-state index contributed by atoms with van der Waals surface area (Å²) in [4.78, 5) is 14.2. The van der Waals surface area contributed by atoms with Crippen molar-refractivity contribution < 1.29 is 13.9 Å². The highest BCUT2D eigenvalue weighted by atomic mass is 16.6. The monoisotopic (exact) mass is 267 g/mol. The van der Waals surface area contributed by atoms with E-state index < -0.39 is 5.60 Å². The average molecular weight is 267 g/mol. The molecule has 19 heavy (non-hydrogen) atoms. The van der Waals surface area contributed by atoms with E-state index >= 15 is 0 Å². The van der Waals surface area contributed by atoms with Crippen LogP contribution in [0.15, 0.2) is 4.42 Å². The second-order valence-electron chi connectivity index (χ2n) is 5.88. The first-order chi connectivity index (χ1) is 8.85. The van der Waals surface area contributed by atoms with Gasteiger partial charge in [0.2, 0.25) is 11.8 Å². The Bertz CT molecular complexity index is 450. The number of rotatable bonds is 3. The molecule has 1 aromatic rings. The van der Waals surface area contributed by atoms with Crippen molar-refractivity contribution in [1.29, 1.82) is 0 Å². The molecule has 0 N–H and O–H groups in total. The predicted octanol–water partition coefficient (Wildman–Crippen LogP) is 1.68. The number of hydrogen-bond acceptors (Lipinski definition) is 6. The van der Waals surface area contributed by atoms with Crippen LogP contribution < -0.4 is 0 Å². The second kappa shape index (κ2) is 5.28. The molecule has 6 heteroatoms. The molecule has 0 aromatic carbocycles. The van der Waals surface area contributed by atoms with Crippen molar-refractivity contribution in [3.05, 3.63) is 11.8 Å². The van der Waals surface area contributed by atoms with Crippen molar-refractivity contribution >= 4 is 5.97 Å². The van der Waals surface area contributed by atoms with Crippen LogP contribution >= 0.6 is 0 Å². The number of esters is 1. The molecule has 0 radical (unpaired) electrons. The standard InChI is InChI=1S/C13H21N3O3/c1-9-14-15-11(18-9)8-16-7-5-6-10(16)12(17)19-13(2,3)4/h10H,5-8H2,1-4H3/t10-/m1/s1. The third-order valence-electron chi connectivity index (χ3n) is 2.95. The molecule has 1 fully saturated rings. The highest BCUT2D eigenvalue weighted by molar-refractivity contribution is 5.76. The molecule has 0 amide bonds. The summed E-state index contributed by atoms with van der Waals surface area (Å²) in [5.41, 5.74) is -0.452. The van der Waals surface area contributed by atoms with Gasteiger partial charge in [-0.05, 0) is 40.2 Å². The molecule has 0 unspecified atom stereocenters. The topological polar surface area (TPSA) is 68.5 Å². The molecule has 1 saturated heterocycles. The van der Waals surface area contributed by atoms with E-state index in [1.54, 1.807) is 6.92 Å². The van der Waals surface area contributed by atoms with E-state index in [-0.39, 0.29) is 12.0 Å². The maximum absolute atomic E-state index is 12.1. The molecular formula is C13H21N3O3. The predicted molar refractivity (Wildman–Crippen MR) is 68.3 cm³/mol. The molecular weight excluding hydrogens is 246 g/mol. The highest BCUT2D eigenvalue weighted by Crippen LogP contribution is 2.22. The maximum Gasteiger partial charge on any atom is 0.323 e. The molecule has 1 aliphatic rings. The number of hydrogen-bond donors (Lipinski definition) is 0. The number of aryl methyl sites for hydroxylation is 1. The normalized spacial score (nSPS) is 20.7. The summed E-state index contributed by atoms with van der Waals surface area (Å²) in [5, 5.41) is 7.77. The van der Waals surface area contributed by atoms with Gasteiger partial charge >= 0.3 is 5.97 Å². The molecule has 1 aliphatic heterocycles. The van der Waals surface area contributed by atoms with Gasteiger partial charge in [-0.3, -0.25) is 9.69 Å². The minimum Gasteiger partial charge on any atom is -0.459 e. The lowest BCUT2D eigenvalue weighted by molar-refractivity contribution is -0.160. The second-order valence-corrected chi connectivity index (χ2v) is 5.88. The number of carbonyl (C=O) groups is 1. The summed E-state index contributed by atoms with van der Waals surface area (Å²) < 4.78 is 10.8. The Morgan fingerprint density at radius 2 is 2.21 bits per heavy atom. The van der Waals surface area contributed by atoms with Crippen molar-refractivity contribution in [3.63, 3.8) is 0 Å². The lowest BCUT2D eigenvalue weighted by atomic mass is 10.1. The lowest BCUT2D eigenvalue weighted by Crippen LogP contribution is -2.40. The van der Waals surface area contributed by atoms with Crippen LogP contribution in [0.4, 0.5) is 0 Å². The van der Waals surface area contributed by atoms with Gasteiger partial charge in [0.15, 0.2) is 0 Å². The van der Waals surface area contributed by atoms with Crippen LogP contribution in [-0.2, 0) is 16.1 Å². The van der Waals surface area contributed by atoms with Gasteiger partial charge in [0.1, 0.15) is 11.6 Å². The van der Waals surface area contributed by atoms with E-state index in [0.717, 1.165) is 19.4 Å². The first-order valence-electron chi connectivity index (χ1n) is 6.61. The van der Waals surface area contributed by atoms with Gasteiger partial charge in [-0.2, -0.15) is 0 Å². The van der Waals surface area contributed by atoms with Gasteiger partial charge < -0.3 is 9.15 Å². The quantitative estimate of drug-likeness (QED) is 0.776. The fraction of sp³-hybridized carbons (Fsp3) is 0.769. The molecule has 0 bridgehead atoms. The third kappa shape index (κ3) is 3.76. The Morgan fingerprint density at radius 1 is 1.47 bits per heavy atom. The molecule has 1 aromatic heterocycles. The Hall–Kier alpha value is -1.43. The lowest BCUT2D eigenvalue weighted by Gasteiger charge is -2.26. The van der Waals surface area contributed by atoms with E-state index in [1.807, 2.05) is 25.7 Å². The first-order valence-corrected chi connectivity index (χ1v) is 6.61. The largest absolute Gasteiger partial charge is 0.459 e. The van der Waals surface area contributed by atoms with Crippen molar-refractivity contribution in [2.45, 2.75) is 58.7 Å². The minimum atomic E-state index is -0.452. The van der Waals surface area contributed by atoms with Crippen molar-refractivity contribution in [1.82, 2.24) is 15.1 Å². The minimum absolute atomic E-state index is 0.166. The van der Waals surface area contributed by atoms with E-state index in [0.29, 0.717) is 18.3 Å². The Kier molecular flexibility index (Phi) is 3.89. The summed E-state index contributed by atoms with van der Waals surface area (Å²) in [6.07, 6.45) is 1.80. The zero-order valence-electron chi connectivity index (χ0n) is 12.0. The fourth-order valence-electron chi connectivity index (χ4n) is 2.23. The molecule has 2 heterocycles. The van der Waals surface area contributed by atoms with E-state index in [2.05, 4.69) is 10.2 Å². The molecule has 2 rings (SSSR count). The number of ether oxygens (including phenoxy) is 1. The Morgan fingerprint density at radius 3 is 2.79 bits per heavy atom. The Balaban J connectivity index is 1.98. The van der Waals surface area contributed by atoms with Gasteiger partial charge in [0, 0.05) is 6.92 Å². The first kappa shape index (κ1) is 14.0. The molecule has 0 spiro atoms. The van der Waals surface area contributed by atoms with Crippen LogP contribution in [0, 0.1) is 6.92 Å². The van der Waals surface area contributed by atoms with Crippen molar-refractivity contribution in [3.8, 4) is 0 Å². The van der Waals surface area contributed by atoms with Gasteiger partial charge in [-0.25, -0.2) is 0 Å². The number of nitrogens with zero attached hydrogens (tertiary/aromatic N) is 3. The summed E-state index contributed by atoms with van der Waals surface area (Å²) in [7, 11) is 0. The van der Waals surface area contributed by atoms with Crippen molar-refractivity contribution in [2.75, 3.05) is 6.54 Å². The smallest absolute Gasteiger partial charge is 0.323 e. The molecule has 0 saturated carbocycles. The van der Waals surface area contributed by atoms with Crippen molar-refractivity contribution in [2.24, 2.45) is 0 Å². The van der Waals surface area contributed by atoms with Crippen LogP contribution in [0.5, 0.6) is 0 Å². The highest BCUT2D eigenvalue weighted by Gasteiger charge is 2.34. The summed E-state index contributed by atoms with van der Waals surface area (Å²) in [5.74, 6) is 0.928. The number of aromatic nitrogens is 2. The molecule has 106 valence electrons. The van der Waals surface area contributed by atoms with Gasteiger partial charge in [-0.15, -0.1) is 10.2 Å². The van der Waals surface area contributed by atoms with Crippen LogP contribution in [0.1, 0.15) is 45.4 Å². The number of likely N-dealkylation sites (tertiary alicyclic amines) is 1. The van der Waals surface area contributed by atoms with Gasteiger partial charge in [-0.1, -0.05) is 0 Å². The van der Waals surface area contributed by atoms with E-state index in [1.165, 1.54) is 0 Å². The van der Waals surface area contributed by atoms with Crippen LogP contribution in [0.2, 0.25) is 0 Å². The van der Waals surface area contributed by atoms with E-state index in [9.17, 15) is 4.79 Å². The summed E-state index contributed by atoms with van der Waals surface area (Å²) >= 11 is 0. The fourth-order valence-corrected chi connectivity index (χ4v) is 2.23. The SMILES string of the molecule is Cc1nnc(CN2CCC[C@@H]2C(=O)OC(C)(C)C)o1. The molecule has 1 atom stereocenters. The van der Waals surface area contributed by atoms with E-state index in [4.69, 9.17) is 9.15 Å². The molecule has 6 nitrogen and oxygen atoms in total. The summed E-state index contributed by atoms with van der Waals surface area (Å²) in [6.45, 7) is 8.75. The zero-order valence-corrected chi connectivity index (χ0v) is 12.0. The van der Waals surface area contributed by atoms with Crippen LogP contribution in [0.25, 0.3) is 0 Å². The zero-order chi connectivity index (χ0) is 14.0.